The lowest BCUT2D eigenvalue weighted by atomic mass is 9.69. The third kappa shape index (κ3) is 5.45. The zero-order valence-corrected chi connectivity index (χ0v) is 25.4. The normalized spacial score (nSPS) is 24.6. The number of ether oxygens (including phenoxy) is 1. The summed E-state index contributed by atoms with van der Waals surface area (Å²) in [6, 6.07) is 16.8. The SMILES string of the molecule is COC(=O)CCC[C@@H]1[C@H]2CCCN3CCC[C@@H](CN1C(=O)c1cc4ccc(Cl)cc4n1Cc1ccc(Br)cc1)[C@@H]23. The minimum absolute atomic E-state index is 0.0913. The Morgan fingerprint density at radius 2 is 1.82 bits per heavy atom. The first-order valence-electron chi connectivity index (χ1n) is 14.6. The van der Waals surface area contributed by atoms with E-state index in [1.807, 2.05) is 36.4 Å². The van der Waals surface area contributed by atoms with Gasteiger partial charge in [0.1, 0.15) is 5.69 Å². The van der Waals surface area contributed by atoms with Crippen LogP contribution < -0.4 is 0 Å². The van der Waals surface area contributed by atoms with Crippen LogP contribution in [0.25, 0.3) is 10.9 Å². The van der Waals surface area contributed by atoms with Gasteiger partial charge in [-0.05, 0) is 99.3 Å². The molecular formula is C32H37BrClN3O3. The smallest absolute Gasteiger partial charge is 0.305 e. The van der Waals surface area contributed by atoms with E-state index in [1.165, 1.54) is 39.5 Å². The summed E-state index contributed by atoms with van der Waals surface area (Å²) < 4.78 is 8.09. The molecule has 6 nitrogen and oxygen atoms in total. The van der Waals surface area contributed by atoms with Gasteiger partial charge in [0.2, 0.25) is 0 Å². The Morgan fingerprint density at radius 3 is 2.60 bits per heavy atom. The zero-order valence-electron chi connectivity index (χ0n) is 23.0. The predicted octanol–water partition coefficient (Wildman–Crippen LogP) is 6.76. The highest BCUT2D eigenvalue weighted by Gasteiger charge is 2.49. The number of piperidine rings is 3. The van der Waals surface area contributed by atoms with Gasteiger partial charge in [-0.25, -0.2) is 0 Å². The van der Waals surface area contributed by atoms with Crippen LogP contribution in [-0.2, 0) is 16.1 Å². The Bertz CT molecular complexity index is 1390. The van der Waals surface area contributed by atoms with Crippen molar-refractivity contribution >= 4 is 50.3 Å². The van der Waals surface area contributed by atoms with Crippen molar-refractivity contribution in [3.63, 3.8) is 0 Å². The number of esters is 1. The molecule has 4 heterocycles. The number of halogens is 2. The van der Waals surface area contributed by atoms with Crippen LogP contribution in [0.4, 0.5) is 0 Å². The van der Waals surface area contributed by atoms with Crippen molar-refractivity contribution in [3.05, 3.63) is 69.3 Å². The Hall–Kier alpha value is -2.35. The average Bonchev–Trinajstić information content (AvgIpc) is 3.32. The van der Waals surface area contributed by atoms with Crippen LogP contribution in [-0.4, -0.2) is 65.1 Å². The number of hydrogen-bond acceptors (Lipinski definition) is 4. The van der Waals surface area contributed by atoms with Crippen molar-refractivity contribution in [2.45, 2.75) is 63.6 Å². The maximum Gasteiger partial charge on any atom is 0.305 e. The average molecular weight is 627 g/mol. The number of aromatic nitrogens is 1. The Kier molecular flexibility index (Phi) is 8.25. The minimum Gasteiger partial charge on any atom is -0.469 e. The molecule has 3 aliphatic heterocycles. The van der Waals surface area contributed by atoms with Gasteiger partial charge in [0.05, 0.1) is 12.6 Å². The molecule has 3 saturated heterocycles. The van der Waals surface area contributed by atoms with Crippen molar-refractivity contribution < 1.29 is 14.3 Å². The molecule has 1 amide bonds. The molecule has 0 N–H and O–H groups in total. The van der Waals surface area contributed by atoms with Crippen LogP contribution in [0.3, 0.4) is 0 Å². The van der Waals surface area contributed by atoms with Gasteiger partial charge in [-0.3, -0.25) is 14.5 Å². The number of nitrogens with zero attached hydrogens (tertiary/aromatic N) is 3. The molecule has 4 atom stereocenters. The molecule has 1 aromatic heterocycles. The van der Waals surface area contributed by atoms with E-state index in [9.17, 15) is 9.59 Å². The van der Waals surface area contributed by atoms with Crippen molar-refractivity contribution in [2.24, 2.45) is 11.8 Å². The molecule has 3 aliphatic rings. The Morgan fingerprint density at radius 1 is 1.05 bits per heavy atom. The minimum atomic E-state index is -0.180. The highest BCUT2D eigenvalue weighted by Crippen LogP contribution is 2.44. The molecule has 40 heavy (non-hydrogen) atoms. The largest absolute Gasteiger partial charge is 0.469 e. The van der Waals surface area contributed by atoms with Gasteiger partial charge >= 0.3 is 5.97 Å². The standard InChI is InChI=1S/C32H37BrClN3O3/c1-40-30(38)8-2-7-27-26-6-4-16-35-15-3-5-23(31(26)35)20-37(27)32(39)29-17-22-11-14-25(34)18-28(22)36(29)19-21-9-12-24(33)13-10-21/h9-14,17-18,23,26-27,31H,2-8,15-16,19-20H2,1H3/t23-,26+,27+,31-/m0/s1. The number of amides is 1. The molecule has 0 unspecified atom stereocenters. The summed E-state index contributed by atoms with van der Waals surface area (Å²) in [5.74, 6) is 0.849. The zero-order chi connectivity index (χ0) is 27.8. The van der Waals surface area contributed by atoms with Crippen molar-refractivity contribution in [3.8, 4) is 0 Å². The van der Waals surface area contributed by atoms with E-state index in [0.29, 0.717) is 41.6 Å². The van der Waals surface area contributed by atoms with Gasteiger partial charge in [-0.2, -0.15) is 0 Å². The summed E-state index contributed by atoms with van der Waals surface area (Å²) in [4.78, 5) is 31.5. The molecule has 0 bridgehead atoms. The molecule has 212 valence electrons. The van der Waals surface area contributed by atoms with Gasteiger partial charge < -0.3 is 14.2 Å². The fraction of sp³-hybridized carbons (Fsp3) is 0.500. The number of carbonyl (C=O) groups is 2. The number of benzene rings is 2. The monoisotopic (exact) mass is 625 g/mol. The lowest BCUT2D eigenvalue weighted by Gasteiger charge is -2.57. The second-order valence-corrected chi connectivity index (χ2v) is 13.0. The first kappa shape index (κ1) is 27.8. The molecule has 3 fully saturated rings. The highest BCUT2D eigenvalue weighted by molar-refractivity contribution is 9.10. The second-order valence-electron chi connectivity index (χ2n) is 11.7. The quantitative estimate of drug-likeness (QED) is 0.272. The predicted molar refractivity (Wildman–Crippen MR) is 162 cm³/mol. The number of methoxy groups -OCH3 is 1. The van der Waals surface area contributed by atoms with E-state index >= 15 is 0 Å². The molecule has 3 aromatic rings. The van der Waals surface area contributed by atoms with Crippen molar-refractivity contribution in [1.82, 2.24) is 14.4 Å². The molecule has 0 radical (unpaired) electrons. The van der Waals surface area contributed by atoms with Gasteiger partial charge in [-0.1, -0.05) is 45.7 Å². The summed E-state index contributed by atoms with van der Waals surface area (Å²) in [6.45, 7) is 3.70. The molecule has 6 rings (SSSR count). The van der Waals surface area contributed by atoms with E-state index in [4.69, 9.17) is 16.3 Å². The van der Waals surface area contributed by atoms with Gasteiger partial charge in [-0.15, -0.1) is 0 Å². The van der Waals surface area contributed by atoms with Crippen LogP contribution >= 0.6 is 27.5 Å². The fourth-order valence-corrected chi connectivity index (χ4v) is 8.08. The fourth-order valence-electron chi connectivity index (χ4n) is 7.65. The third-order valence-electron chi connectivity index (χ3n) is 9.38. The van der Waals surface area contributed by atoms with Crippen molar-refractivity contribution in [1.29, 1.82) is 0 Å². The Balaban J connectivity index is 1.37. The lowest BCUT2D eigenvalue weighted by Crippen LogP contribution is -2.65. The van der Waals surface area contributed by atoms with E-state index in [-0.39, 0.29) is 17.9 Å². The van der Waals surface area contributed by atoms with Crippen molar-refractivity contribution in [2.75, 3.05) is 26.7 Å². The van der Waals surface area contributed by atoms with Crippen LogP contribution in [0, 0.1) is 11.8 Å². The first-order valence-corrected chi connectivity index (χ1v) is 15.7. The summed E-state index contributed by atoms with van der Waals surface area (Å²) >= 11 is 9.98. The van der Waals surface area contributed by atoms with Gasteiger partial charge in [0.15, 0.2) is 0 Å². The summed E-state index contributed by atoms with van der Waals surface area (Å²) in [5.41, 5.74) is 2.80. The van der Waals surface area contributed by atoms with Crippen LogP contribution in [0.5, 0.6) is 0 Å². The summed E-state index contributed by atoms with van der Waals surface area (Å²) in [5, 5.41) is 1.68. The van der Waals surface area contributed by atoms with Crippen LogP contribution in [0.2, 0.25) is 5.02 Å². The first-order chi connectivity index (χ1) is 19.4. The summed E-state index contributed by atoms with van der Waals surface area (Å²) in [7, 11) is 1.45. The number of rotatable bonds is 7. The molecule has 2 aromatic carbocycles. The van der Waals surface area contributed by atoms with Crippen LogP contribution in [0.1, 0.15) is 61.0 Å². The van der Waals surface area contributed by atoms with E-state index in [1.54, 1.807) is 0 Å². The number of likely N-dealkylation sites (tertiary alicyclic amines) is 1. The second kappa shape index (κ2) is 11.9. The van der Waals surface area contributed by atoms with Gasteiger partial charge in [0, 0.05) is 46.5 Å². The van der Waals surface area contributed by atoms with Gasteiger partial charge in [0.25, 0.3) is 5.91 Å². The van der Waals surface area contributed by atoms with E-state index < -0.39 is 0 Å². The molecular weight excluding hydrogens is 590 g/mol. The van der Waals surface area contributed by atoms with Crippen LogP contribution in [0.15, 0.2) is 53.0 Å². The van der Waals surface area contributed by atoms with E-state index in [2.05, 4.69) is 42.4 Å². The number of fused-ring (bicyclic) bond motifs is 1. The molecule has 8 heteroatoms. The number of hydrogen-bond donors (Lipinski definition) is 0. The highest BCUT2D eigenvalue weighted by atomic mass is 79.9. The van der Waals surface area contributed by atoms with E-state index in [0.717, 1.165) is 46.7 Å². The topological polar surface area (TPSA) is 54.8 Å². The summed E-state index contributed by atoms with van der Waals surface area (Å²) in [6.07, 6.45) is 6.63. The molecule has 0 spiro atoms. The number of carbonyl (C=O) groups excluding carboxylic acids is 2. The maximum absolute atomic E-state index is 14.7. The Labute approximate surface area is 249 Å². The maximum atomic E-state index is 14.7. The third-order valence-corrected chi connectivity index (χ3v) is 10.1. The lowest BCUT2D eigenvalue weighted by molar-refractivity contribution is -0.140. The molecule has 0 aliphatic carbocycles. The molecule has 0 saturated carbocycles.